The number of rotatable bonds is 9. The lowest BCUT2D eigenvalue weighted by Gasteiger charge is -2.14. The van der Waals surface area contributed by atoms with Crippen molar-refractivity contribution in [1.29, 1.82) is 0 Å². The molecule has 1 N–H and O–H groups in total. The Balaban J connectivity index is 1.32. The summed E-state index contributed by atoms with van der Waals surface area (Å²) in [6, 6.07) is 31.1. The van der Waals surface area contributed by atoms with Gasteiger partial charge in [0.05, 0.1) is 29.0 Å². The van der Waals surface area contributed by atoms with Crippen LogP contribution in [0.1, 0.15) is 6.92 Å². The van der Waals surface area contributed by atoms with Gasteiger partial charge in [0.25, 0.3) is 5.56 Å². The van der Waals surface area contributed by atoms with Crippen molar-refractivity contribution in [2.45, 2.75) is 12.1 Å². The molecule has 1 aromatic heterocycles. The monoisotopic (exact) mass is 523 g/mol. The van der Waals surface area contributed by atoms with Crippen LogP contribution in [0.5, 0.6) is 17.2 Å². The summed E-state index contributed by atoms with van der Waals surface area (Å²) in [5.74, 6) is 1.98. The Morgan fingerprint density at radius 3 is 2.24 bits per heavy atom. The molecule has 5 aromatic rings. The van der Waals surface area contributed by atoms with E-state index in [1.807, 2.05) is 73.7 Å². The molecule has 0 aliphatic heterocycles. The second-order valence-corrected chi connectivity index (χ2v) is 9.20. The predicted octanol–water partition coefficient (Wildman–Crippen LogP) is 6.31. The number of aromatic nitrogens is 2. The average molecular weight is 524 g/mol. The van der Waals surface area contributed by atoms with Crippen LogP contribution in [0.3, 0.4) is 0 Å². The third-order valence-electron chi connectivity index (χ3n) is 5.60. The number of nitrogens with one attached hydrogen (secondary N) is 1. The van der Waals surface area contributed by atoms with Crippen molar-refractivity contribution in [2.75, 3.05) is 17.7 Å². The molecule has 1 amide bonds. The third-order valence-corrected chi connectivity index (χ3v) is 6.54. The molecule has 0 spiro atoms. The molecule has 0 aliphatic carbocycles. The quantitative estimate of drug-likeness (QED) is 0.180. The highest BCUT2D eigenvalue weighted by molar-refractivity contribution is 7.99. The fourth-order valence-electron chi connectivity index (χ4n) is 3.85. The Hall–Kier alpha value is -4.56. The molecule has 0 radical (unpaired) electrons. The summed E-state index contributed by atoms with van der Waals surface area (Å²) in [4.78, 5) is 30.9. The van der Waals surface area contributed by atoms with Crippen molar-refractivity contribution in [3.05, 3.63) is 113 Å². The minimum atomic E-state index is -0.215. The van der Waals surface area contributed by atoms with E-state index in [0.29, 0.717) is 45.5 Å². The molecule has 190 valence electrons. The van der Waals surface area contributed by atoms with Gasteiger partial charge in [-0.25, -0.2) is 4.98 Å². The third kappa shape index (κ3) is 5.87. The number of thioether (sulfide) groups is 1. The van der Waals surface area contributed by atoms with Gasteiger partial charge in [0, 0.05) is 5.69 Å². The molecule has 0 aliphatic rings. The van der Waals surface area contributed by atoms with Gasteiger partial charge >= 0.3 is 0 Å². The molecule has 4 aromatic carbocycles. The molecular formula is C30H25N3O4S. The van der Waals surface area contributed by atoms with Gasteiger partial charge in [-0.3, -0.25) is 14.2 Å². The summed E-state index contributed by atoms with van der Waals surface area (Å²) in [5, 5.41) is 3.83. The van der Waals surface area contributed by atoms with Crippen molar-refractivity contribution in [1.82, 2.24) is 9.55 Å². The molecule has 0 saturated heterocycles. The van der Waals surface area contributed by atoms with Crippen molar-refractivity contribution in [3.63, 3.8) is 0 Å². The van der Waals surface area contributed by atoms with Gasteiger partial charge in [-0.05, 0) is 79.7 Å². The Morgan fingerprint density at radius 2 is 1.50 bits per heavy atom. The molecule has 38 heavy (non-hydrogen) atoms. The van der Waals surface area contributed by atoms with Crippen LogP contribution in [-0.4, -0.2) is 27.8 Å². The number of amides is 1. The van der Waals surface area contributed by atoms with Gasteiger partial charge in [-0.1, -0.05) is 42.1 Å². The van der Waals surface area contributed by atoms with E-state index in [1.165, 1.54) is 16.3 Å². The molecule has 0 atom stereocenters. The number of carbonyl (C=O) groups is 1. The molecular weight excluding hydrogens is 498 g/mol. The molecule has 1 heterocycles. The van der Waals surface area contributed by atoms with Crippen LogP contribution in [0.2, 0.25) is 0 Å². The van der Waals surface area contributed by atoms with E-state index in [1.54, 1.807) is 36.4 Å². The highest BCUT2D eigenvalue weighted by atomic mass is 32.2. The van der Waals surface area contributed by atoms with E-state index in [2.05, 4.69) is 5.32 Å². The van der Waals surface area contributed by atoms with E-state index in [4.69, 9.17) is 14.5 Å². The van der Waals surface area contributed by atoms with E-state index in [0.717, 1.165) is 5.75 Å². The Labute approximate surface area is 224 Å². The molecule has 5 rings (SSSR count). The maximum absolute atomic E-state index is 13.4. The standard InChI is InChI=1S/C30H25N3O4S/c1-2-36-23-18-14-22(15-19-23)33-29(35)26-10-6-7-11-27(26)32-30(33)38-20-28(34)31-21-12-16-25(17-13-21)37-24-8-4-3-5-9-24/h3-19H,2,20H2,1H3,(H,31,34). The maximum atomic E-state index is 13.4. The predicted molar refractivity (Wildman–Crippen MR) is 151 cm³/mol. The molecule has 7 nitrogen and oxygen atoms in total. The van der Waals surface area contributed by atoms with Gasteiger partial charge in [0.1, 0.15) is 17.2 Å². The number of nitrogens with zero attached hydrogens (tertiary/aromatic N) is 2. The topological polar surface area (TPSA) is 82.4 Å². The zero-order valence-corrected chi connectivity index (χ0v) is 21.5. The Morgan fingerprint density at radius 1 is 0.842 bits per heavy atom. The van der Waals surface area contributed by atoms with Crippen LogP contribution in [0.25, 0.3) is 16.6 Å². The van der Waals surface area contributed by atoms with Crippen LogP contribution >= 0.6 is 11.8 Å². The average Bonchev–Trinajstić information content (AvgIpc) is 2.94. The zero-order chi connectivity index (χ0) is 26.3. The highest BCUT2D eigenvalue weighted by Crippen LogP contribution is 2.25. The molecule has 0 fully saturated rings. The Kier molecular flexibility index (Phi) is 7.70. The largest absolute Gasteiger partial charge is 0.494 e. The van der Waals surface area contributed by atoms with E-state index in [-0.39, 0.29) is 17.2 Å². The van der Waals surface area contributed by atoms with Crippen molar-refractivity contribution in [2.24, 2.45) is 0 Å². The summed E-state index contributed by atoms with van der Waals surface area (Å²) in [7, 11) is 0. The minimum absolute atomic E-state index is 0.0735. The maximum Gasteiger partial charge on any atom is 0.266 e. The first-order valence-corrected chi connectivity index (χ1v) is 13.1. The first-order chi connectivity index (χ1) is 18.6. The lowest BCUT2D eigenvalue weighted by molar-refractivity contribution is -0.113. The first kappa shape index (κ1) is 25.1. The highest BCUT2D eigenvalue weighted by Gasteiger charge is 2.15. The number of anilines is 1. The van der Waals surface area contributed by atoms with E-state index >= 15 is 0 Å². The second kappa shape index (κ2) is 11.7. The summed E-state index contributed by atoms with van der Waals surface area (Å²) in [6.45, 7) is 2.47. The van der Waals surface area contributed by atoms with Crippen molar-refractivity contribution < 1.29 is 14.3 Å². The zero-order valence-electron chi connectivity index (χ0n) is 20.7. The number of benzene rings is 4. The lowest BCUT2D eigenvalue weighted by atomic mass is 10.2. The van der Waals surface area contributed by atoms with E-state index < -0.39 is 0 Å². The summed E-state index contributed by atoms with van der Waals surface area (Å²) < 4.78 is 12.9. The normalized spacial score (nSPS) is 10.8. The summed E-state index contributed by atoms with van der Waals surface area (Å²) in [5.41, 5.74) is 1.67. The first-order valence-electron chi connectivity index (χ1n) is 12.1. The number of hydrogen-bond donors (Lipinski definition) is 1. The van der Waals surface area contributed by atoms with Crippen molar-refractivity contribution >= 4 is 34.3 Å². The van der Waals surface area contributed by atoms with E-state index in [9.17, 15) is 9.59 Å². The molecule has 0 saturated carbocycles. The SMILES string of the molecule is CCOc1ccc(-n2c(SCC(=O)Nc3ccc(Oc4ccccc4)cc3)nc3ccccc3c2=O)cc1. The van der Waals surface area contributed by atoms with Gasteiger partial charge in [-0.15, -0.1) is 0 Å². The Bertz CT molecular complexity index is 1600. The van der Waals surface area contributed by atoms with Crippen molar-refractivity contribution in [3.8, 4) is 22.9 Å². The van der Waals surface area contributed by atoms with Crippen LogP contribution in [-0.2, 0) is 4.79 Å². The number of ether oxygens (including phenoxy) is 2. The van der Waals surface area contributed by atoms with Crippen LogP contribution in [0.4, 0.5) is 5.69 Å². The molecule has 8 heteroatoms. The van der Waals surface area contributed by atoms with Crippen LogP contribution in [0.15, 0.2) is 113 Å². The number of carbonyl (C=O) groups excluding carboxylic acids is 1. The van der Waals surface area contributed by atoms with Gasteiger partial charge in [-0.2, -0.15) is 0 Å². The molecule has 0 unspecified atom stereocenters. The smallest absolute Gasteiger partial charge is 0.266 e. The van der Waals surface area contributed by atoms with Gasteiger partial charge in [0.2, 0.25) is 5.91 Å². The summed E-state index contributed by atoms with van der Waals surface area (Å²) in [6.07, 6.45) is 0. The fourth-order valence-corrected chi connectivity index (χ4v) is 4.67. The number of hydrogen-bond acceptors (Lipinski definition) is 6. The van der Waals surface area contributed by atoms with Gasteiger partial charge in [0.15, 0.2) is 5.16 Å². The van der Waals surface area contributed by atoms with Crippen LogP contribution < -0.4 is 20.3 Å². The lowest BCUT2D eigenvalue weighted by Crippen LogP contribution is -2.23. The molecule has 0 bridgehead atoms. The van der Waals surface area contributed by atoms with Gasteiger partial charge < -0.3 is 14.8 Å². The fraction of sp³-hybridized carbons (Fsp3) is 0.100. The van der Waals surface area contributed by atoms with Crippen LogP contribution in [0, 0.1) is 0 Å². The minimum Gasteiger partial charge on any atom is -0.494 e. The second-order valence-electron chi connectivity index (χ2n) is 8.26. The summed E-state index contributed by atoms with van der Waals surface area (Å²) >= 11 is 1.20. The number of para-hydroxylation sites is 2. The number of fused-ring (bicyclic) bond motifs is 1.